The molecule has 1 aliphatic rings. The molecule has 0 saturated carbocycles. The Morgan fingerprint density at radius 2 is 1.91 bits per heavy atom. The molecular formula is C25H23N3O5. The molecule has 1 atom stereocenters. The Labute approximate surface area is 192 Å². The zero-order chi connectivity index (χ0) is 24.0. The molecule has 0 aromatic heterocycles. The number of hydrogen-bond donors (Lipinski definition) is 1. The summed E-state index contributed by atoms with van der Waals surface area (Å²) >= 11 is 0. The molecule has 33 heavy (non-hydrogen) atoms. The molecule has 1 unspecified atom stereocenters. The number of carbonyl (C=O) groups is 1. The van der Waals surface area contributed by atoms with Gasteiger partial charge in [0.15, 0.2) is 11.5 Å². The molecule has 1 aliphatic heterocycles. The molecule has 0 spiro atoms. The summed E-state index contributed by atoms with van der Waals surface area (Å²) in [7, 11) is 1.49. The van der Waals surface area contributed by atoms with Gasteiger partial charge >= 0.3 is 5.97 Å². The van der Waals surface area contributed by atoms with Gasteiger partial charge in [0.2, 0.25) is 5.88 Å². The highest BCUT2D eigenvalue weighted by atomic mass is 16.5. The Morgan fingerprint density at radius 1 is 1.15 bits per heavy atom. The van der Waals surface area contributed by atoms with Gasteiger partial charge in [-0.1, -0.05) is 24.3 Å². The zero-order valence-electron chi connectivity index (χ0n) is 18.5. The van der Waals surface area contributed by atoms with Crippen molar-refractivity contribution in [3.05, 3.63) is 81.9 Å². The first kappa shape index (κ1) is 23.2. The normalized spacial score (nSPS) is 15.2. The molecule has 3 rings (SSSR count). The van der Waals surface area contributed by atoms with E-state index in [4.69, 9.17) is 24.7 Å². The van der Waals surface area contributed by atoms with E-state index in [-0.39, 0.29) is 36.0 Å². The van der Waals surface area contributed by atoms with Crippen molar-refractivity contribution in [2.24, 2.45) is 5.73 Å². The van der Waals surface area contributed by atoms with Crippen molar-refractivity contribution in [2.45, 2.75) is 26.4 Å². The monoisotopic (exact) mass is 445 g/mol. The van der Waals surface area contributed by atoms with Crippen molar-refractivity contribution in [1.82, 2.24) is 0 Å². The second-order valence-corrected chi connectivity index (χ2v) is 7.08. The molecule has 0 bridgehead atoms. The Kier molecular flexibility index (Phi) is 7.22. The third-order valence-corrected chi connectivity index (χ3v) is 5.14. The van der Waals surface area contributed by atoms with Crippen molar-refractivity contribution in [2.75, 3.05) is 13.7 Å². The van der Waals surface area contributed by atoms with E-state index in [1.54, 1.807) is 44.2 Å². The number of allylic oxidation sites excluding steroid dienone is 2. The third kappa shape index (κ3) is 4.76. The number of nitrogens with two attached hydrogens (primary N) is 1. The predicted molar refractivity (Wildman–Crippen MR) is 118 cm³/mol. The van der Waals surface area contributed by atoms with Crippen LogP contribution in [0.25, 0.3) is 0 Å². The Bertz CT molecular complexity index is 1220. The number of ether oxygens (including phenoxy) is 4. The summed E-state index contributed by atoms with van der Waals surface area (Å²) in [5, 5.41) is 19.0. The van der Waals surface area contributed by atoms with E-state index in [9.17, 15) is 15.3 Å². The summed E-state index contributed by atoms with van der Waals surface area (Å²) in [6.07, 6.45) is 0. The maximum atomic E-state index is 12.7. The van der Waals surface area contributed by atoms with Crippen molar-refractivity contribution in [3.8, 4) is 23.6 Å². The number of esters is 1. The Morgan fingerprint density at radius 3 is 2.58 bits per heavy atom. The summed E-state index contributed by atoms with van der Waals surface area (Å²) in [4.78, 5) is 12.7. The topological polar surface area (TPSA) is 128 Å². The number of methoxy groups -OCH3 is 1. The van der Waals surface area contributed by atoms with E-state index in [1.807, 2.05) is 18.2 Å². The van der Waals surface area contributed by atoms with Crippen molar-refractivity contribution in [1.29, 1.82) is 10.5 Å². The van der Waals surface area contributed by atoms with Crippen molar-refractivity contribution in [3.63, 3.8) is 0 Å². The molecule has 2 aromatic rings. The second kappa shape index (κ2) is 10.3. The largest absolute Gasteiger partial charge is 0.493 e. The molecule has 168 valence electrons. The number of rotatable bonds is 7. The van der Waals surface area contributed by atoms with Crippen LogP contribution in [0, 0.1) is 22.7 Å². The van der Waals surface area contributed by atoms with Crippen LogP contribution in [0.5, 0.6) is 11.5 Å². The van der Waals surface area contributed by atoms with Crippen LogP contribution in [0.15, 0.2) is 65.3 Å². The van der Waals surface area contributed by atoms with Gasteiger partial charge < -0.3 is 24.7 Å². The molecule has 0 aliphatic carbocycles. The minimum atomic E-state index is -0.787. The van der Waals surface area contributed by atoms with Gasteiger partial charge in [-0.05, 0) is 37.6 Å². The van der Waals surface area contributed by atoms with Gasteiger partial charge in [-0.2, -0.15) is 10.5 Å². The van der Waals surface area contributed by atoms with Crippen LogP contribution in [-0.2, 0) is 20.9 Å². The van der Waals surface area contributed by atoms with Gasteiger partial charge in [-0.3, -0.25) is 0 Å². The highest BCUT2D eigenvalue weighted by Gasteiger charge is 2.36. The van der Waals surface area contributed by atoms with E-state index < -0.39 is 11.9 Å². The van der Waals surface area contributed by atoms with Gasteiger partial charge in [0.1, 0.15) is 24.0 Å². The van der Waals surface area contributed by atoms with Crippen LogP contribution < -0.4 is 15.2 Å². The van der Waals surface area contributed by atoms with E-state index in [1.165, 1.54) is 7.11 Å². The van der Waals surface area contributed by atoms with E-state index in [0.29, 0.717) is 22.6 Å². The molecular weight excluding hydrogens is 422 g/mol. The van der Waals surface area contributed by atoms with Crippen LogP contribution >= 0.6 is 0 Å². The standard InChI is InChI=1S/C25H23N3O5/c1-4-31-25(29)22-15(2)33-24(28)19(13-27)23(22)16-9-10-20(21(11-16)30-3)32-14-18-8-6-5-7-17(18)12-26/h5-11,23H,4,14,28H2,1-3H3. The molecule has 2 N–H and O–H groups in total. The Hall–Kier alpha value is -4.43. The molecule has 8 nitrogen and oxygen atoms in total. The number of nitriles is 2. The lowest BCUT2D eigenvalue weighted by Crippen LogP contribution is -2.25. The minimum Gasteiger partial charge on any atom is -0.493 e. The molecule has 8 heteroatoms. The average Bonchev–Trinajstić information content (AvgIpc) is 2.82. The number of hydrogen-bond acceptors (Lipinski definition) is 8. The van der Waals surface area contributed by atoms with E-state index in [0.717, 1.165) is 5.56 Å². The van der Waals surface area contributed by atoms with Gasteiger partial charge in [0, 0.05) is 5.56 Å². The first-order chi connectivity index (χ1) is 15.9. The van der Waals surface area contributed by atoms with E-state index >= 15 is 0 Å². The molecule has 2 aromatic carbocycles. The maximum Gasteiger partial charge on any atom is 0.338 e. The van der Waals surface area contributed by atoms with Gasteiger partial charge in [0.25, 0.3) is 0 Å². The fourth-order valence-electron chi connectivity index (χ4n) is 3.58. The number of benzene rings is 2. The molecule has 0 fully saturated rings. The lowest BCUT2D eigenvalue weighted by molar-refractivity contribution is -0.139. The van der Waals surface area contributed by atoms with Crippen molar-refractivity contribution < 1.29 is 23.7 Å². The first-order valence-electron chi connectivity index (χ1n) is 10.2. The second-order valence-electron chi connectivity index (χ2n) is 7.08. The van der Waals surface area contributed by atoms with Crippen LogP contribution in [0.4, 0.5) is 0 Å². The van der Waals surface area contributed by atoms with Crippen molar-refractivity contribution >= 4 is 5.97 Å². The summed E-state index contributed by atoms with van der Waals surface area (Å²) in [6.45, 7) is 3.63. The highest BCUT2D eigenvalue weighted by Crippen LogP contribution is 2.42. The van der Waals surface area contributed by atoms with Gasteiger partial charge in [-0.15, -0.1) is 0 Å². The molecule has 0 radical (unpaired) electrons. The SMILES string of the molecule is CCOC(=O)C1=C(C)OC(N)=C(C#N)C1c1ccc(OCc2ccccc2C#N)c(OC)c1. The van der Waals surface area contributed by atoms with Crippen LogP contribution in [0.1, 0.15) is 36.5 Å². The summed E-state index contributed by atoms with van der Waals surface area (Å²) in [5.74, 6) is -0.347. The average molecular weight is 445 g/mol. The minimum absolute atomic E-state index is 0.0690. The van der Waals surface area contributed by atoms with E-state index in [2.05, 4.69) is 6.07 Å². The predicted octanol–water partition coefficient (Wildman–Crippen LogP) is 3.79. The quantitative estimate of drug-likeness (QED) is 0.638. The fraction of sp³-hybridized carbons (Fsp3) is 0.240. The molecule has 0 saturated heterocycles. The summed E-state index contributed by atoms with van der Waals surface area (Å²) in [6, 6.07) is 16.4. The zero-order valence-corrected chi connectivity index (χ0v) is 18.5. The Balaban J connectivity index is 1.99. The number of nitrogens with zero attached hydrogens (tertiary/aromatic N) is 2. The lowest BCUT2D eigenvalue weighted by atomic mass is 9.83. The fourth-order valence-corrected chi connectivity index (χ4v) is 3.58. The number of carbonyl (C=O) groups excluding carboxylic acids is 1. The molecule has 0 amide bonds. The summed E-state index contributed by atoms with van der Waals surface area (Å²) < 4.78 is 22.0. The lowest BCUT2D eigenvalue weighted by Gasteiger charge is -2.27. The van der Waals surface area contributed by atoms with Gasteiger partial charge in [-0.25, -0.2) is 4.79 Å². The first-order valence-corrected chi connectivity index (χ1v) is 10.2. The van der Waals surface area contributed by atoms with Gasteiger partial charge in [0.05, 0.1) is 36.8 Å². The highest BCUT2D eigenvalue weighted by molar-refractivity contribution is 5.92. The van der Waals surface area contributed by atoms with Crippen LogP contribution in [0.2, 0.25) is 0 Å². The summed E-state index contributed by atoms with van der Waals surface area (Å²) in [5.41, 5.74) is 8.09. The molecule has 1 heterocycles. The third-order valence-electron chi connectivity index (χ3n) is 5.14. The van der Waals surface area contributed by atoms with Crippen LogP contribution in [0.3, 0.4) is 0 Å². The van der Waals surface area contributed by atoms with Crippen LogP contribution in [-0.4, -0.2) is 19.7 Å². The smallest absolute Gasteiger partial charge is 0.338 e. The maximum absolute atomic E-state index is 12.7.